The molecular formula is C3H7NO3S. The summed E-state index contributed by atoms with van der Waals surface area (Å²) in [6.07, 6.45) is 0. The summed E-state index contributed by atoms with van der Waals surface area (Å²) in [6, 6.07) is 0. The molecule has 48 valence electrons. The van der Waals surface area contributed by atoms with Crippen molar-refractivity contribution in [1.29, 1.82) is 0 Å². The van der Waals surface area contributed by atoms with Crippen LogP contribution in [0.1, 0.15) is 0 Å². The second-order valence-corrected chi connectivity index (χ2v) is 2.91. The Hall–Kier alpha value is -0.390. The van der Waals surface area contributed by atoms with Gasteiger partial charge in [-0.15, -0.1) is 0 Å². The Balaban J connectivity index is 4.29. The van der Waals surface area contributed by atoms with Crippen molar-refractivity contribution in [3.8, 4) is 0 Å². The Morgan fingerprint density at radius 2 is 2.12 bits per heavy atom. The van der Waals surface area contributed by atoms with Crippen molar-refractivity contribution in [3.63, 3.8) is 0 Å². The van der Waals surface area contributed by atoms with E-state index >= 15 is 0 Å². The minimum Gasteiger partial charge on any atom is -0.391 e. The summed E-state index contributed by atoms with van der Waals surface area (Å²) in [5, 5.41) is 12.6. The standard InChI is InChI=1S/C3H7NO3S/c1-3(2-5)8(4,6)7/h5H,1-2H2,(H2,4,6,7). The van der Waals surface area contributed by atoms with E-state index in [-0.39, 0.29) is 4.91 Å². The fourth-order valence-corrected chi connectivity index (χ4v) is 0.270. The van der Waals surface area contributed by atoms with E-state index in [9.17, 15) is 8.42 Å². The summed E-state index contributed by atoms with van der Waals surface area (Å²) in [5.41, 5.74) is 0. The summed E-state index contributed by atoms with van der Waals surface area (Å²) >= 11 is 0. The van der Waals surface area contributed by atoms with E-state index in [1.165, 1.54) is 0 Å². The highest BCUT2D eigenvalue weighted by molar-refractivity contribution is 7.93. The third-order valence-electron chi connectivity index (χ3n) is 0.579. The van der Waals surface area contributed by atoms with Crippen LogP contribution in [0.25, 0.3) is 0 Å². The van der Waals surface area contributed by atoms with E-state index in [0.29, 0.717) is 0 Å². The van der Waals surface area contributed by atoms with Crippen molar-refractivity contribution in [3.05, 3.63) is 11.5 Å². The number of hydrogen-bond acceptors (Lipinski definition) is 3. The molecule has 0 spiro atoms. The first-order chi connectivity index (χ1) is 3.48. The van der Waals surface area contributed by atoms with Gasteiger partial charge in [-0.2, -0.15) is 0 Å². The molecule has 0 bridgehead atoms. The summed E-state index contributed by atoms with van der Waals surface area (Å²) in [7, 11) is -3.70. The number of nitrogens with two attached hydrogens (primary N) is 1. The van der Waals surface area contributed by atoms with E-state index in [2.05, 4.69) is 11.7 Å². The van der Waals surface area contributed by atoms with Crippen LogP contribution in [-0.2, 0) is 10.0 Å². The van der Waals surface area contributed by atoms with Gasteiger partial charge in [-0.3, -0.25) is 0 Å². The van der Waals surface area contributed by atoms with Gasteiger partial charge in [-0.25, -0.2) is 13.6 Å². The summed E-state index contributed by atoms with van der Waals surface area (Å²) in [4.78, 5) is -0.363. The molecule has 3 N–H and O–H groups in total. The molecule has 5 heteroatoms. The van der Waals surface area contributed by atoms with Crippen LogP contribution in [0.2, 0.25) is 0 Å². The van der Waals surface area contributed by atoms with E-state index in [1.54, 1.807) is 0 Å². The van der Waals surface area contributed by atoms with E-state index in [0.717, 1.165) is 0 Å². The maximum atomic E-state index is 10.1. The lowest BCUT2D eigenvalue weighted by Crippen LogP contribution is -2.15. The van der Waals surface area contributed by atoms with Gasteiger partial charge in [0.05, 0.1) is 11.5 Å². The zero-order valence-corrected chi connectivity index (χ0v) is 4.98. The minimum atomic E-state index is -3.70. The molecule has 0 saturated heterocycles. The van der Waals surface area contributed by atoms with Gasteiger partial charge in [0.15, 0.2) is 0 Å². The number of sulfonamides is 1. The van der Waals surface area contributed by atoms with Gasteiger partial charge in [0.1, 0.15) is 0 Å². The smallest absolute Gasteiger partial charge is 0.235 e. The fraction of sp³-hybridized carbons (Fsp3) is 0.333. The van der Waals surface area contributed by atoms with Crippen LogP contribution in [-0.4, -0.2) is 20.1 Å². The second-order valence-electron chi connectivity index (χ2n) is 1.24. The van der Waals surface area contributed by atoms with Crippen molar-refractivity contribution in [2.45, 2.75) is 0 Å². The zero-order chi connectivity index (χ0) is 6.78. The normalized spacial score (nSPS) is 11.2. The van der Waals surface area contributed by atoms with Gasteiger partial charge in [-0.1, -0.05) is 6.58 Å². The maximum Gasteiger partial charge on any atom is 0.235 e. The van der Waals surface area contributed by atoms with Crippen LogP contribution in [0.3, 0.4) is 0 Å². The van der Waals surface area contributed by atoms with Gasteiger partial charge >= 0.3 is 0 Å². The van der Waals surface area contributed by atoms with Gasteiger partial charge in [0, 0.05) is 0 Å². The molecule has 0 unspecified atom stereocenters. The molecule has 8 heavy (non-hydrogen) atoms. The van der Waals surface area contributed by atoms with E-state index in [4.69, 9.17) is 5.11 Å². The molecule has 0 fully saturated rings. The van der Waals surface area contributed by atoms with Crippen LogP contribution in [0.15, 0.2) is 11.5 Å². The summed E-state index contributed by atoms with van der Waals surface area (Å²) < 4.78 is 20.2. The van der Waals surface area contributed by atoms with Crippen molar-refractivity contribution in [2.24, 2.45) is 5.14 Å². The van der Waals surface area contributed by atoms with Crippen molar-refractivity contribution < 1.29 is 13.5 Å². The van der Waals surface area contributed by atoms with Crippen molar-refractivity contribution in [1.82, 2.24) is 0 Å². The van der Waals surface area contributed by atoms with E-state index in [1.807, 2.05) is 0 Å². The predicted molar refractivity (Wildman–Crippen MR) is 29.3 cm³/mol. The first kappa shape index (κ1) is 7.61. The second kappa shape index (κ2) is 2.25. The van der Waals surface area contributed by atoms with Crippen LogP contribution < -0.4 is 5.14 Å². The Labute approximate surface area is 47.7 Å². The molecule has 0 rings (SSSR count). The maximum absolute atomic E-state index is 10.1. The van der Waals surface area contributed by atoms with Crippen LogP contribution >= 0.6 is 0 Å². The molecule has 0 aromatic carbocycles. The highest BCUT2D eigenvalue weighted by Crippen LogP contribution is 1.92. The molecular weight excluding hydrogens is 130 g/mol. The lowest BCUT2D eigenvalue weighted by atomic mass is 10.7. The van der Waals surface area contributed by atoms with E-state index < -0.39 is 16.6 Å². The Kier molecular flexibility index (Phi) is 2.14. The lowest BCUT2D eigenvalue weighted by molar-refractivity contribution is 0.338. The van der Waals surface area contributed by atoms with Crippen LogP contribution in [0, 0.1) is 0 Å². The van der Waals surface area contributed by atoms with Gasteiger partial charge in [0.2, 0.25) is 10.0 Å². The highest BCUT2D eigenvalue weighted by atomic mass is 32.2. The SMILES string of the molecule is C=C(CO)S(N)(=O)=O. The average Bonchev–Trinajstić information content (AvgIpc) is 1.62. The Morgan fingerprint density at radius 3 is 2.12 bits per heavy atom. The minimum absolute atomic E-state index is 0.363. The Morgan fingerprint density at radius 1 is 1.75 bits per heavy atom. The summed E-state index contributed by atoms with van der Waals surface area (Å²) in [6.45, 7) is 2.37. The summed E-state index contributed by atoms with van der Waals surface area (Å²) in [5.74, 6) is 0. The molecule has 0 aliphatic heterocycles. The molecule has 0 aliphatic rings. The third kappa shape index (κ3) is 2.06. The highest BCUT2D eigenvalue weighted by Gasteiger charge is 2.05. The molecule has 0 aliphatic carbocycles. The first-order valence-corrected chi connectivity index (χ1v) is 3.34. The van der Waals surface area contributed by atoms with Gasteiger partial charge < -0.3 is 5.11 Å². The fourth-order valence-electron chi connectivity index (χ4n) is 0.0900. The van der Waals surface area contributed by atoms with Crippen LogP contribution in [0.4, 0.5) is 0 Å². The number of hydrogen-bond donors (Lipinski definition) is 2. The van der Waals surface area contributed by atoms with Crippen LogP contribution in [0.5, 0.6) is 0 Å². The average molecular weight is 137 g/mol. The molecule has 4 nitrogen and oxygen atoms in total. The number of aliphatic hydroxyl groups excluding tert-OH is 1. The predicted octanol–water partition coefficient (Wildman–Crippen LogP) is -1.22. The Bertz CT molecular complexity index is 181. The molecule has 0 amide bonds. The quantitative estimate of drug-likeness (QED) is 0.500. The molecule has 0 atom stereocenters. The lowest BCUT2D eigenvalue weighted by Gasteiger charge is -1.93. The third-order valence-corrected chi connectivity index (χ3v) is 1.51. The monoisotopic (exact) mass is 137 g/mol. The number of primary sulfonamides is 1. The molecule has 0 aromatic rings. The van der Waals surface area contributed by atoms with Crippen molar-refractivity contribution in [2.75, 3.05) is 6.61 Å². The zero-order valence-electron chi connectivity index (χ0n) is 4.16. The molecule has 0 radical (unpaired) electrons. The molecule has 0 heterocycles. The van der Waals surface area contributed by atoms with Crippen molar-refractivity contribution >= 4 is 10.0 Å². The topological polar surface area (TPSA) is 80.4 Å². The number of rotatable bonds is 2. The number of aliphatic hydroxyl groups is 1. The largest absolute Gasteiger partial charge is 0.391 e. The molecule has 0 aromatic heterocycles. The van der Waals surface area contributed by atoms with Gasteiger partial charge in [0.25, 0.3) is 0 Å². The first-order valence-electron chi connectivity index (χ1n) is 1.80. The van der Waals surface area contributed by atoms with Gasteiger partial charge in [-0.05, 0) is 0 Å². The molecule has 0 saturated carbocycles.